The lowest BCUT2D eigenvalue weighted by Crippen LogP contribution is -2.31. The van der Waals surface area contributed by atoms with Gasteiger partial charge in [-0.05, 0) is 36.4 Å². The summed E-state index contributed by atoms with van der Waals surface area (Å²) in [4.78, 5) is 11.8. The van der Waals surface area contributed by atoms with E-state index < -0.39 is 0 Å². The Balaban J connectivity index is 1.76. The first-order chi connectivity index (χ1) is 9.15. The van der Waals surface area contributed by atoms with Crippen LogP contribution in [-0.4, -0.2) is 18.5 Å². The number of hydrogen-bond acceptors (Lipinski definition) is 2. The Bertz CT molecular complexity index is 405. The highest BCUT2D eigenvalue weighted by Crippen LogP contribution is 2.14. The molecule has 1 aromatic carbocycles. The summed E-state index contributed by atoms with van der Waals surface area (Å²) < 4.78 is 0. The molecule has 2 rings (SSSR count). The van der Waals surface area contributed by atoms with Crippen LogP contribution >= 0.6 is 0 Å². The smallest absolute Gasteiger partial charge is 0.221 e. The predicted molar refractivity (Wildman–Crippen MR) is 78.0 cm³/mol. The summed E-state index contributed by atoms with van der Waals surface area (Å²) in [6.07, 6.45) is 2.91. The molecule has 1 amide bonds. The second kappa shape index (κ2) is 6.71. The van der Waals surface area contributed by atoms with E-state index in [1.165, 1.54) is 12.0 Å². The molecule has 1 atom stereocenters. The summed E-state index contributed by atoms with van der Waals surface area (Å²) in [5.41, 5.74) is 2.50. The summed E-state index contributed by atoms with van der Waals surface area (Å²) in [5, 5.41) is 6.34. The number of nitrogens with one attached hydrogen (secondary N) is 2. The number of carbonyl (C=O) groups excluding carboxylic acids is 1. The normalized spacial score (nSPS) is 18.8. The van der Waals surface area contributed by atoms with Crippen LogP contribution in [0.4, 0.5) is 0 Å². The monoisotopic (exact) mass is 260 g/mol. The summed E-state index contributed by atoms with van der Waals surface area (Å²) in [7, 11) is 0. The van der Waals surface area contributed by atoms with Crippen molar-refractivity contribution in [2.75, 3.05) is 6.54 Å². The Kier molecular flexibility index (Phi) is 4.97. The molecule has 0 spiro atoms. The van der Waals surface area contributed by atoms with Crippen molar-refractivity contribution >= 4 is 5.91 Å². The molecule has 0 aliphatic carbocycles. The van der Waals surface area contributed by atoms with Crippen molar-refractivity contribution in [2.45, 2.75) is 51.6 Å². The number of benzene rings is 1. The minimum Gasteiger partial charge on any atom is -0.352 e. The third kappa shape index (κ3) is 4.35. The van der Waals surface area contributed by atoms with Gasteiger partial charge in [-0.25, -0.2) is 0 Å². The lowest BCUT2D eigenvalue weighted by atomic mass is 10.0. The van der Waals surface area contributed by atoms with E-state index in [-0.39, 0.29) is 5.91 Å². The number of amides is 1. The second-order valence-electron chi connectivity index (χ2n) is 5.67. The number of rotatable bonds is 5. The zero-order valence-corrected chi connectivity index (χ0v) is 11.9. The maximum atomic E-state index is 11.8. The highest BCUT2D eigenvalue weighted by molar-refractivity contribution is 5.76. The van der Waals surface area contributed by atoms with Crippen molar-refractivity contribution in [3.63, 3.8) is 0 Å². The second-order valence-corrected chi connectivity index (χ2v) is 5.67. The van der Waals surface area contributed by atoms with Crippen LogP contribution in [0, 0.1) is 0 Å². The molecule has 1 heterocycles. The molecule has 0 saturated carbocycles. The van der Waals surface area contributed by atoms with Crippen LogP contribution in [-0.2, 0) is 11.3 Å². The molecule has 2 N–H and O–H groups in total. The van der Waals surface area contributed by atoms with Gasteiger partial charge in [-0.15, -0.1) is 0 Å². The van der Waals surface area contributed by atoms with Gasteiger partial charge in [0.15, 0.2) is 0 Å². The van der Waals surface area contributed by atoms with Gasteiger partial charge in [-0.2, -0.15) is 0 Å². The van der Waals surface area contributed by atoms with Crippen LogP contribution in [0.2, 0.25) is 0 Å². The highest BCUT2D eigenvalue weighted by atomic mass is 16.1. The molecule has 0 bridgehead atoms. The van der Waals surface area contributed by atoms with Gasteiger partial charge in [0.05, 0.1) is 0 Å². The average molecular weight is 260 g/mol. The molecule has 1 saturated heterocycles. The molecule has 0 radical (unpaired) electrons. The van der Waals surface area contributed by atoms with Crippen molar-refractivity contribution < 1.29 is 4.79 Å². The third-order valence-electron chi connectivity index (χ3n) is 3.73. The van der Waals surface area contributed by atoms with E-state index in [4.69, 9.17) is 0 Å². The topological polar surface area (TPSA) is 41.1 Å². The summed E-state index contributed by atoms with van der Waals surface area (Å²) in [6, 6.07) is 8.87. The first-order valence-corrected chi connectivity index (χ1v) is 7.24. The molecule has 1 fully saturated rings. The Morgan fingerprint density at radius 2 is 2.11 bits per heavy atom. The fourth-order valence-corrected chi connectivity index (χ4v) is 2.45. The molecule has 3 heteroatoms. The lowest BCUT2D eigenvalue weighted by Gasteiger charge is -2.11. The lowest BCUT2D eigenvalue weighted by molar-refractivity contribution is -0.121. The zero-order valence-electron chi connectivity index (χ0n) is 11.9. The minimum absolute atomic E-state index is 0.146. The van der Waals surface area contributed by atoms with Crippen LogP contribution in [0.15, 0.2) is 24.3 Å². The van der Waals surface area contributed by atoms with Crippen molar-refractivity contribution in [3.05, 3.63) is 35.4 Å². The van der Waals surface area contributed by atoms with E-state index in [0.717, 1.165) is 18.5 Å². The Morgan fingerprint density at radius 3 is 2.68 bits per heavy atom. The van der Waals surface area contributed by atoms with E-state index in [9.17, 15) is 4.79 Å². The first kappa shape index (κ1) is 14.1. The van der Waals surface area contributed by atoms with Gasteiger partial charge < -0.3 is 10.6 Å². The van der Waals surface area contributed by atoms with Crippen LogP contribution in [0.3, 0.4) is 0 Å². The summed E-state index contributed by atoms with van der Waals surface area (Å²) in [6.45, 7) is 6.05. The fourth-order valence-electron chi connectivity index (χ4n) is 2.45. The molecule has 3 nitrogen and oxygen atoms in total. The van der Waals surface area contributed by atoms with Crippen molar-refractivity contribution in [1.82, 2.24) is 10.6 Å². The van der Waals surface area contributed by atoms with E-state index in [0.29, 0.717) is 24.9 Å². The van der Waals surface area contributed by atoms with Gasteiger partial charge in [-0.3, -0.25) is 4.79 Å². The largest absolute Gasteiger partial charge is 0.352 e. The number of hydrogen-bond donors (Lipinski definition) is 2. The van der Waals surface area contributed by atoms with Gasteiger partial charge in [0.2, 0.25) is 5.91 Å². The Morgan fingerprint density at radius 1 is 1.37 bits per heavy atom. The SMILES string of the molecule is CC(C)c1ccc(CNC(=O)CC2CCCN2)cc1. The predicted octanol–water partition coefficient (Wildman–Crippen LogP) is 2.57. The van der Waals surface area contributed by atoms with Gasteiger partial charge in [0.25, 0.3) is 0 Å². The molecule has 19 heavy (non-hydrogen) atoms. The Hall–Kier alpha value is -1.35. The standard InChI is InChI=1S/C16H24N2O/c1-12(2)14-7-5-13(6-8-14)11-18-16(19)10-15-4-3-9-17-15/h5-8,12,15,17H,3-4,9-11H2,1-2H3,(H,18,19). The molecule has 0 aromatic heterocycles. The average Bonchev–Trinajstić information content (AvgIpc) is 2.89. The maximum absolute atomic E-state index is 11.8. The van der Waals surface area contributed by atoms with E-state index in [1.54, 1.807) is 0 Å². The van der Waals surface area contributed by atoms with Gasteiger partial charge in [0, 0.05) is 19.0 Å². The zero-order chi connectivity index (χ0) is 13.7. The fraction of sp³-hybridized carbons (Fsp3) is 0.562. The Labute approximate surface area is 115 Å². The van der Waals surface area contributed by atoms with Gasteiger partial charge in [-0.1, -0.05) is 38.1 Å². The van der Waals surface area contributed by atoms with Gasteiger partial charge >= 0.3 is 0 Å². The quantitative estimate of drug-likeness (QED) is 0.854. The van der Waals surface area contributed by atoms with Crippen LogP contribution in [0.1, 0.15) is 50.2 Å². The summed E-state index contributed by atoms with van der Waals surface area (Å²) in [5.74, 6) is 0.699. The molecular formula is C16H24N2O. The molecule has 1 unspecified atom stereocenters. The van der Waals surface area contributed by atoms with E-state index in [2.05, 4.69) is 48.7 Å². The van der Waals surface area contributed by atoms with Crippen LogP contribution in [0.5, 0.6) is 0 Å². The minimum atomic E-state index is 0.146. The van der Waals surface area contributed by atoms with Crippen molar-refractivity contribution in [1.29, 1.82) is 0 Å². The van der Waals surface area contributed by atoms with Gasteiger partial charge in [0.1, 0.15) is 0 Å². The molecular weight excluding hydrogens is 236 g/mol. The number of carbonyl (C=O) groups is 1. The first-order valence-electron chi connectivity index (χ1n) is 7.24. The van der Waals surface area contributed by atoms with E-state index in [1.807, 2.05) is 0 Å². The van der Waals surface area contributed by atoms with Crippen LogP contribution in [0.25, 0.3) is 0 Å². The summed E-state index contributed by atoms with van der Waals surface area (Å²) >= 11 is 0. The van der Waals surface area contributed by atoms with Crippen LogP contribution < -0.4 is 10.6 Å². The van der Waals surface area contributed by atoms with E-state index >= 15 is 0 Å². The van der Waals surface area contributed by atoms with Crippen molar-refractivity contribution in [2.24, 2.45) is 0 Å². The molecule has 104 valence electrons. The molecule has 1 aliphatic rings. The molecule has 1 aliphatic heterocycles. The van der Waals surface area contributed by atoms with Crippen molar-refractivity contribution in [3.8, 4) is 0 Å². The molecule has 1 aromatic rings. The third-order valence-corrected chi connectivity index (χ3v) is 3.73. The highest BCUT2D eigenvalue weighted by Gasteiger charge is 2.17. The maximum Gasteiger partial charge on any atom is 0.221 e.